The largest absolute Gasteiger partial charge is 0.493 e. The van der Waals surface area contributed by atoms with Crippen LogP contribution in [-0.2, 0) is 0 Å². The standard InChI is InChI=1S/C17H29NO/c1-13(2)11-14(3)18-15-7-9-16(10-8-15)19-12-17(4,5)6/h7-10,13-14,18H,11-12H2,1-6H3. The molecule has 1 aromatic rings. The van der Waals surface area contributed by atoms with E-state index in [9.17, 15) is 0 Å². The van der Waals surface area contributed by atoms with Crippen molar-refractivity contribution in [2.24, 2.45) is 11.3 Å². The lowest BCUT2D eigenvalue weighted by Crippen LogP contribution is -2.18. The summed E-state index contributed by atoms with van der Waals surface area (Å²) < 4.78 is 5.77. The maximum atomic E-state index is 5.77. The zero-order valence-electron chi connectivity index (χ0n) is 13.3. The second-order valence-corrected chi connectivity index (χ2v) is 7.05. The summed E-state index contributed by atoms with van der Waals surface area (Å²) in [5.41, 5.74) is 1.36. The highest BCUT2D eigenvalue weighted by Gasteiger charge is 2.11. The maximum Gasteiger partial charge on any atom is 0.119 e. The molecule has 1 N–H and O–H groups in total. The molecule has 0 spiro atoms. The van der Waals surface area contributed by atoms with Gasteiger partial charge >= 0.3 is 0 Å². The first-order valence-electron chi connectivity index (χ1n) is 7.25. The smallest absolute Gasteiger partial charge is 0.119 e. The zero-order valence-corrected chi connectivity index (χ0v) is 13.3. The lowest BCUT2D eigenvalue weighted by atomic mass is 9.99. The van der Waals surface area contributed by atoms with Crippen LogP contribution in [-0.4, -0.2) is 12.6 Å². The lowest BCUT2D eigenvalue weighted by molar-refractivity contribution is 0.198. The molecule has 1 atom stereocenters. The Labute approximate surface area is 118 Å². The Morgan fingerprint density at radius 1 is 1.05 bits per heavy atom. The van der Waals surface area contributed by atoms with Crippen LogP contribution in [0.1, 0.15) is 48.0 Å². The van der Waals surface area contributed by atoms with Gasteiger partial charge in [-0.2, -0.15) is 0 Å². The van der Waals surface area contributed by atoms with E-state index in [0.717, 1.165) is 24.0 Å². The molecule has 19 heavy (non-hydrogen) atoms. The average molecular weight is 263 g/mol. The molecule has 0 saturated carbocycles. The zero-order chi connectivity index (χ0) is 14.5. The maximum absolute atomic E-state index is 5.77. The highest BCUT2D eigenvalue weighted by molar-refractivity contribution is 5.46. The van der Waals surface area contributed by atoms with Crippen LogP contribution in [0.5, 0.6) is 5.75 Å². The number of hydrogen-bond acceptors (Lipinski definition) is 2. The van der Waals surface area contributed by atoms with Crippen LogP contribution in [0.15, 0.2) is 24.3 Å². The second kappa shape index (κ2) is 6.83. The molecule has 0 aliphatic carbocycles. The van der Waals surface area contributed by atoms with Crippen molar-refractivity contribution in [3.05, 3.63) is 24.3 Å². The summed E-state index contributed by atoms with van der Waals surface area (Å²) in [4.78, 5) is 0. The van der Waals surface area contributed by atoms with Crippen LogP contribution in [0.4, 0.5) is 5.69 Å². The molecule has 0 bridgehead atoms. The number of rotatable bonds is 6. The molecular weight excluding hydrogens is 234 g/mol. The van der Waals surface area contributed by atoms with Crippen molar-refractivity contribution in [2.75, 3.05) is 11.9 Å². The summed E-state index contributed by atoms with van der Waals surface area (Å²) in [5.74, 6) is 1.66. The van der Waals surface area contributed by atoms with Crippen LogP contribution < -0.4 is 10.1 Å². The molecule has 0 heterocycles. The van der Waals surface area contributed by atoms with E-state index < -0.39 is 0 Å². The third-order valence-electron chi connectivity index (χ3n) is 2.76. The summed E-state index contributed by atoms with van der Waals surface area (Å²) in [6.45, 7) is 14.0. The molecule has 0 aromatic heterocycles. The van der Waals surface area contributed by atoms with Crippen molar-refractivity contribution >= 4 is 5.69 Å². The summed E-state index contributed by atoms with van der Waals surface area (Å²) in [5, 5.41) is 3.52. The van der Waals surface area contributed by atoms with Gasteiger partial charge < -0.3 is 10.1 Å². The van der Waals surface area contributed by atoms with Crippen LogP contribution in [0.3, 0.4) is 0 Å². The van der Waals surface area contributed by atoms with Gasteiger partial charge in [0.2, 0.25) is 0 Å². The van der Waals surface area contributed by atoms with E-state index in [1.54, 1.807) is 0 Å². The molecule has 2 nitrogen and oxygen atoms in total. The van der Waals surface area contributed by atoms with Crippen LogP contribution >= 0.6 is 0 Å². The monoisotopic (exact) mass is 263 g/mol. The van der Waals surface area contributed by atoms with Gasteiger partial charge in [-0.3, -0.25) is 0 Å². The van der Waals surface area contributed by atoms with Gasteiger partial charge in [-0.25, -0.2) is 0 Å². The number of benzene rings is 1. The normalized spacial score (nSPS) is 13.4. The summed E-state index contributed by atoms with van der Waals surface area (Å²) in [6.07, 6.45) is 1.18. The fourth-order valence-corrected chi connectivity index (χ4v) is 2.00. The van der Waals surface area contributed by atoms with Gasteiger partial charge in [-0.15, -0.1) is 0 Å². The Morgan fingerprint density at radius 2 is 1.63 bits per heavy atom. The molecule has 1 rings (SSSR count). The minimum Gasteiger partial charge on any atom is -0.493 e. The molecule has 0 aliphatic rings. The third kappa shape index (κ3) is 7.09. The van der Waals surface area contributed by atoms with E-state index >= 15 is 0 Å². The van der Waals surface area contributed by atoms with E-state index in [-0.39, 0.29) is 5.41 Å². The van der Waals surface area contributed by atoms with Gasteiger partial charge in [-0.05, 0) is 48.9 Å². The molecule has 0 radical (unpaired) electrons. The van der Waals surface area contributed by atoms with Crippen LogP contribution in [0.25, 0.3) is 0 Å². The number of ether oxygens (including phenoxy) is 1. The Kier molecular flexibility index (Phi) is 5.71. The Hall–Kier alpha value is -1.18. The predicted octanol–water partition coefficient (Wildman–Crippen LogP) is 4.96. The first-order valence-corrected chi connectivity index (χ1v) is 7.25. The van der Waals surface area contributed by atoms with Gasteiger partial charge in [0.05, 0.1) is 6.61 Å². The molecule has 108 valence electrons. The van der Waals surface area contributed by atoms with E-state index in [1.807, 2.05) is 12.1 Å². The number of hydrogen-bond donors (Lipinski definition) is 1. The highest BCUT2D eigenvalue weighted by atomic mass is 16.5. The minimum atomic E-state index is 0.197. The van der Waals surface area contributed by atoms with Crippen LogP contribution in [0, 0.1) is 11.3 Å². The van der Waals surface area contributed by atoms with Gasteiger partial charge in [0.1, 0.15) is 5.75 Å². The molecule has 0 aliphatic heterocycles. The van der Waals surface area contributed by atoms with Crippen molar-refractivity contribution in [3.8, 4) is 5.75 Å². The first-order chi connectivity index (χ1) is 8.76. The second-order valence-electron chi connectivity index (χ2n) is 7.05. The quantitative estimate of drug-likeness (QED) is 0.783. The van der Waals surface area contributed by atoms with Gasteiger partial charge in [0.25, 0.3) is 0 Å². The molecule has 0 saturated heterocycles. The van der Waals surface area contributed by atoms with Crippen molar-refractivity contribution in [1.29, 1.82) is 0 Å². The van der Waals surface area contributed by atoms with Crippen molar-refractivity contribution in [2.45, 2.75) is 54.0 Å². The summed E-state index contributed by atoms with van der Waals surface area (Å²) in [7, 11) is 0. The Bertz CT molecular complexity index is 362. The molecule has 1 aromatic carbocycles. The Balaban J connectivity index is 2.47. The van der Waals surface area contributed by atoms with Gasteiger partial charge in [0.15, 0.2) is 0 Å². The first kappa shape index (κ1) is 15.9. The molecule has 1 unspecified atom stereocenters. The van der Waals surface area contributed by atoms with E-state index in [0.29, 0.717) is 6.04 Å². The third-order valence-corrected chi connectivity index (χ3v) is 2.76. The van der Waals surface area contributed by atoms with Crippen LogP contribution in [0.2, 0.25) is 0 Å². The Morgan fingerprint density at radius 3 is 2.11 bits per heavy atom. The minimum absolute atomic E-state index is 0.197. The van der Waals surface area contributed by atoms with E-state index in [1.165, 1.54) is 6.42 Å². The molecule has 0 amide bonds. The molecule has 2 heteroatoms. The van der Waals surface area contributed by atoms with Gasteiger partial charge in [0, 0.05) is 11.7 Å². The molecular formula is C17H29NO. The van der Waals surface area contributed by atoms with Crippen molar-refractivity contribution in [1.82, 2.24) is 0 Å². The predicted molar refractivity (Wildman–Crippen MR) is 83.9 cm³/mol. The lowest BCUT2D eigenvalue weighted by Gasteiger charge is -2.20. The van der Waals surface area contributed by atoms with Crippen molar-refractivity contribution < 1.29 is 4.74 Å². The molecule has 0 fully saturated rings. The SMILES string of the molecule is CC(C)CC(C)Nc1ccc(OCC(C)(C)C)cc1. The summed E-state index contributed by atoms with van der Waals surface area (Å²) >= 11 is 0. The van der Waals surface area contributed by atoms with Crippen molar-refractivity contribution in [3.63, 3.8) is 0 Å². The topological polar surface area (TPSA) is 21.3 Å². The van der Waals surface area contributed by atoms with E-state index in [2.05, 4.69) is 59.0 Å². The fraction of sp³-hybridized carbons (Fsp3) is 0.647. The fourth-order valence-electron chi connectivity index (χ4n) is 2.00. The highest BCUT2D eigenvalue weighted by Crippen LogP contribution is 2.20. The van der Waals surface area contributed by atoms with Gasteiger partial charge in [-0.1, -0.05) is 34.6 Å². The number of anilines is 1. The number of nitrogens with one attached hydrogen (secondary N) is 1. The summed E-state index contributed by atoms with van der Waals surface area (Å²) in [6, 6.07) is 8.76. The van der Waals surface area contributed by atoms with E-state index in [4.69, 9.17) is 4.74 Å². The average Bonchev–Trinajstić information content (AvgIpc) is 2.26.